The largest absolute Gasteiger partial charge is 0.497 e. The molecule has 1 N–H and O–H groups in total. The first-order chi connectivity index (χ1) is 15.1. The lowest BCUT2D eigenvalue weighted by Gasteiger charge is -2.26. The van der Waals surface area contributed by atoms with Crippen molar-refractivity contribution in [2.75, 3.05) is 18.6 Å². The zero-order valence-corrected chi connectivity index (χ0v) is 18.9. The summed E-state index contributed by atoms with van der Waals surface area (Å²) in [6, 6.07) is 15.9. The van der Waals surface area contributed by atoms with Gasteiger partial charge in [-0.1, -0.05) is 57.4 Å². The van der Waals surface area contributed by atoms with Gasteiger partial charge in [0.2, 0.25) is 5.91 Å². The van der Waals surface area contributed by atoms with Crippen LogP contribution < -0.4 is 9.64 Å². The molecule has 1 saturated heterocycles. The van der Waals surface area contributed by atoms with Crippen molar-refractivity contribution in [1.82, 2.24) is 0 Å². The first-order valence-electron chi connectivity index (χ1n) is 11.3. The predicted molar refractivity (Wildman–Crippen MR) is 123 cm³/mol. The normalized spacial score (nSPS) is 19.6. The van der Waals surface area contributed by atoms with Crippen molar-refractivity contribution in [3.63, 3.8) is 0 Å². The average molecular weight is 426 g/mol. The van der Waals surface area contributed by atoms with Gasteiger partial charge in [-0.2, -0.15) is 0 Å². The average Bonchev–Trinajstić information content (AvgIpc) is 3.09. The molecule has 1 aliphatic rings. The summed E-state index contributed by atoms with van der Waals surface area (Å²) in [7, 11) is 1.66. The number of carbonyl (C=O) groups is 1. The summed E-state index contributed by atoms with van der Waals surface area (Å²) in [4.78, 5) is 14.2. The van der Waals surface area contributed by atoms with Gasteiger partial charge in [0.25, 0.3) is 0 Å². The number of amides is 1. The third-order valence-corrected chi connectivity index (χ3v) is 6.16. The van der Waals surface area contributed by atoms with Gasteiger partial charge < -0.3 is 19.5 Å². The minimum Gasteiger partial charge on any atom is -0.497 e. The molecule has 1 amide bonds. The van der Waals surface area contributed by atoms with Gasteiger partial charge in [0, 0.05) is 12.1 Å². The van der Waals surface area contributed by atoms with Crippen LogP contribution in [-0.4, -0.2) is 30.8 Å². The molecular formula is C26H35NO4. The molecule has 168 valence electrons. The maximum Gasteiger partial charge on any atom is 0.227 e. The molecule has 2 aromatic rings. The van der Waals surface area contributed by atoms with E-state index in [0.29, 0.717) is 13.0 Å². The van der Waals surface area contributed by atoms with E-state index in [1.807, 2.05) is 43.3 Å². The van der Waals surface area contributed by atoms with Gasteiger partial charge in [0.15, 0.2) is 0 Å². The zero-order chi connectivity index (χ0) is 22.2. The van der Waals surface area contributed by atoms with Gasteiger partial charge in [0.05, 0.1) is 32.5 Å². The van der Waals surface area contributed by atoms with Gasteiger partial charge in [-0.05, 0) is 47.7 Å². The topological polar surface area (TPSA) is 59.0 Å². The molecule has 3 atom stereocenters. The fraction of sp³-hybridized carbons (Fsp3) is 0.500. The Morgan fingerprint density at radius 2 is 1.81 bits per heavy atom. The molecule has 1 aliphatic heterocycles. The number of ether oxygens (including phenoxy) is 2. The smallest absolute Gasteiger partial charge is 0.227 e. The Morgan fingerprint density at radius 3 is 2.42 bits per heavy atom. The molecule has 31 heavy (non-hydrogen) atoms. The van der Waals surface area contributed by atoms with E-state index in [1.165, 1.54) is 12.8 Å². The third kappa shape index (κ3) is 5.86. The number of hydrogen-bond acceptors (Lipinski definition) is 4. The Labute approximate surface area is 186 Å². The Bertz CT molecular complexity index is 818. The van der Waals surface area contributed by atoms with Crippen molar-refractivity contribution in [1.29, 1.82) is 0 Å². The molecule has 0 bridgehead atoms. The molecule has 1 unspecified atom stereocenters. The highest BCUT2D eigenvalue weighted by molar-refractivity contribution is 5.96. The highest BCUT2D eigenvalue weighted by Gasteiger charge is 2.37. The number of rotatable bonds is 11. The molecule has 0 spiro atoms. The quantitative estimate of drug-likeness (QED) is 0.499. The summed E-state index contributed by atoms with van der Waals surface area (Å²) in [5.41, 5.74) is 3.08. The van der Waals surface area contributed by atoms with Crippen LogP contribution in [0.15, 0.2) is 48.5 Å². The van der Waals surface area contributed by atoms with Gasteiger partial charge in [-0.3, -0.25) is 4.79 Å². The highest BCUT2D eigenvalue weighted by Crippen LogP contribution is 2.33. The molecule has 0 aromatic heterocycles. The summed E-state index contributed by atoms with van der Waals surface area (Å²) in [5, 5.41) is 9.74. The third-order valence-electron chi connectivity index (χ3n) is 6.16. The van der Waals surface area contributed by atoms with Gasteiger partial charge in [0.1, 0.15) is 5.75 Å². The lowest BCUT2D eigenvalue weighted by atomic mass is 10.0. The molecule has 3 rings (SSSR count). The molecule has 5 heteroatoms. The molecule has 0 saturated carbocycles. The number of unbranched alkanes of at least 4 members (excludes halogenated alkanes) is 2. The fourth-order valence-electron chi connectivity index (χ4n) is 4.24. The molecule has 1 heterocycles. The minimum atomic E-state index is -0.148. The van der Waals surface area contributed by atoms with Crippen LogP contribution in [0.3, 0.4) is 0 Å². The Morgan fingerprint density at radius 1 is 1.10 bits per heavy atom. The number of aliphatic hydroxyl groups is 1. The molecule has 2 aromatic carbocycles. The monoisotopic (exact) mass is 425 g/mol. The molecule has 5 nitrogen and oxygen atoms in total. The lowest BCUT2D eigenvalue weighted by molar-refractivity contribution is -0.117. The van der Waals surface area contributed by atoms with Crippen LogP contribution in [-0.2, 0) is 16.1 Å². The van der Waals surface area contributed by atoms with E-state index in [9.17, 15) is 9.90 Å². The van der Waals surface area contributed by atoms with Crippen LogP contribution >= 0.6 is 0 Å². The van der Waals surface area contributed by atoms with Crippen molar-refractivity contribution < 1.29 is 19.4 Å². The Hall–Kier alpha value is -2.37. The number of anilines is 1. The zero-order valence-electron chi connectivity index (χ0n) is 18.9. The summed E-state index contributed by atoms with van der Waals surface area (Å²) in [6.45, 7) is 4.74. The van der Waals surface area contributed by atoms with E-state index in [2.05, 4.69) is 19.1 Å². The second-order valence-electron chi connectivity index (χ2n) is 8.43. The summed E-state index contributed by atoms with van der Waals surface area (Å²) in [5.74, 6) is 1.08. The van der Waals surface area contributed by atoms with Crippen LogP contribution in [0.4, 0.5) is 5.69 Å². The first kappa shape index (κ1) is 23.3. The molecular weight excluding hydrogens is 390 g/mol. The van der Waals surface area contributed by atoms with Crippen LogP contribution in [0.1, 0.15) is 63.2 Å². The van der Waals surface area contributed by atoms with Crippen molar-refractivity contribution in [3.8, 4) is 5.75 Å². The van der Waals surface area contributed by atoms with Crippen LogP contribution in [0.2, 0.25) is 0 Å². The fourth-order valence-corrected chi connectivity index (χ4v) is 4.24. The van der Waals surface area contributed by atoms with Crippen molar-refractivity contribution in [3.05, 3.63) is 59.7 Å². The van der Waals surface area contributed by atoms with Gasteiger partial charge >= 0.3 is 0 Å². The van der Waals surface area contributed by atoms with Crippen molar-refractivity contribution in [2.45, 2.75) is 64.7 Å². The summed E-state index contributed by atoms with van der Waals surface area (Å²) in [6.07, 6.45) is 4.91. The minimum absolute atomic E-state index is 0.00421. The van der Waals surface area contributed by atoms with Gasteiger partial charge in [-0.15, -0.1) is 0 Å². The van der Waals surface area contributed by atoms with Crippen LogP contribution in [0.5, 0.6) is 5.75 Å². The van der Waals surface area contributed by atoms with Crippen LogP contribution in [0.25, 0.3) is 0 Å². The standard InChI is InChI=1S/C26H35NO4/c1-4-5-6-7-25(31-18-20-8-14-23(30-3)15-9-20)21-10-12-22(13-11-21)27-24(17-28)19(2)16-26(27)29/h8-15,19,24-25,28H,4-7,16-18H2,1-3H3/t19-,24+,25?/m1/s1. The number of methoxy groups -OCH3 is 1. The van der Waals surface area contributed by atoms with Gasteiger partial charge in [-0.25, -0.2) is 0 Å². The SMILES string of the molecule is CCCCCC(OCc1ccc(OC)cc1)c1ccc(N2C(=O)C[C@@H](C)[C@@H]2CO)cc1. The number of hydrogen-bond donors (Lipinski definition) is 1. The van der Waals surface area contributed by atoms with E-state index in [1.54, 1.807) is 12.0 Å². The number of nitrogens with zero attached hydrogens (tertiary/aromatic N) is 1. The van der Waals surface area contributed by atoms with E-state index in [0.717, 1.165) is 35.4 Å². The number of carbonyl (C=O) groups excluding carboxylic acids is 1. The van der Waals surface area contributed by atoms with E-state index >= 15 is 0 Å². The maximum absolute atomic E-state index is 12.4. The second kappa shape index (κ2) is 11.3. The number of aliphatic hydroxyl groups excluding tert-OH is 1. The summed E-state index contributed by atoms with van der Waals surface area (Å²) >= 11 is 0. The maximum atomic E-state index is 12.4. The van der Waals surface area contributed by atoms with E-state index < -0.39 is 0 Å². The lowest BCUT2D eigenvalue weighted by Crippen LogP contribution is -2.37. The first-order valence-corrected chi connectivity index (χ1v) is 11.3. The molecule has 0 aliphatic carbocycles. The van der Waals surface area contributed by atoms with Crippen molar-refractivity contribution >= 4 is 11.6 Å². The Kier molecular flexibility index (Phi) is 8.50. The van der Waals surface area contributed by atoms with E-state index in [4.69, 9.17) is 9.47 Å². The van der Waals surface area contributed by atoms with E-state index in [-0.39, 0.29) is 30.6 Å². The second-order valence-corrected chi connectivity index (χ2v) is 8.43. The highest BCUT2D eigenvalue weighted by atomic mass is 16.5. The molecule has 1 fully saturated rings. The predicted octanol–water partition coefficient (Wildman–Crippen LogP) is 5.27. The Balaban J connectivity index is 1.71. The van der Waals surface area contributed by atoms with Crippen LogP contribution in [0, 0.1) is 5.92 Å². The van der Waals surface area contributed by atoms with Crippen molar-refractivity contribution in [2.24, 2.45) is 5.92 Å². The number of benzene rings is 2. The molecule has 0 radical (unpaired) electrons. The summed E-state index contributed by atoms with van der Waals surface area (Å²) < 4.78 is 11.5.